The van der Waals surface area contributed by atoms with Gasteiger partial charge in [-0.3, -0.25) is 9.89 Å². The molecule has 3 atom stereocenters. The zero-order valence-corrected chi connectivity index (χ0v) is 23.2. The van der Waals surface area contributed by atoms with Crippen molar-refractivity contribution in [3.8, 4) is 0 Å². The normalized spacial score (nSPS) is 22.6. The van der Waals surface area contributed by atoms with E-state index >= 15 is 0 Å². The van der Waals surface area contributed by atoms with Crippen LogP contribution < -0.4 is 26.2 Å². The first-order valence-corrected chi connectivity index (χ1v) is 13.6. The van der Waals surface area contributed by atoms with Crippen LogP contribution in [0.4, 0.5) is 28.5 Å². The highest BCUT2D eigenvalue weighted by Crippen LogP contribution is 2.43. The maximum Gasteiger partial charge on any atom is 0.318 e. The highest BCUT2D eigenvalue weighted by atomic mass is 16.2. The van der Waals surface area contributed by atoms with E-state index in [4.69, 9.17) is 5.73 Å². The van der Waals surface area contributed by atoms with Crippen LogP contribution in [0.1, 0.15) is 55.8 Å². The Morgan fingerprint density at radius 1 is 1.15 bits per heavy atom. The predicted molar refractivity (Wildman–Crippen MR) is 150 cm³/mol. The highest BCUT2D eigenvalue weighted by molar-refractivity contribution is 5.83. The number of fused-ring (bicyclic) bond motifs is 1. The first kappa shape index (κ1) is 25.8. The van der Waals surface area contributed by atoms with Crippen LogP contribution >= 0.6 is 0 Å². The van der Waals surface area contributed by atoms with Gasteiger partial charge in [0.1, 0.15) is 6.04 Å². The van der Waals surface area contributed by atoms with E-state index in [0.29, 0.717) is 49.1 Å². The number of hydrogen-bond acceptors (Lipinski definition) is 9. The minimum atomic E-state index is -0.590. The SMILES string of the molecule is CN(C)c1nc(Nc2n[nH]c3c2CN(C(=O)N[C@@H]2C[C@H]2c2ccccc2)C3(C)C)nc(N2CCC[C@H]2C(N)=O)n1. The number of aromatic nitrogens is 5. The average Bonchev–Trinajstić information content (AvgIpc) is 3.24. The van der Waals surface area contributed by atoms with Gasteiger partial charge >= 0.3 is 6.03 Å². The zero-order valence-electron chi connectivity index (χ0n) is 23.2. The van der Waals surface area contributed by atoms with Crippen LogP contribution in [0.3, 0.4) is 0 Å². The van der Waals surface area contributed by atoms with Crippen LogP contribution in [0, 0.1) is 0 Å². The number of rotatable bonds is 7. The molecule has 2 fully saturated rings. The molecule has 40 heavy (non-hydrogen) atoms. The van der Waals surface area contributed by atoms with Crippen molar-refractivity contribution in [1.29, 1.82) is 0 Å². The van der Waals surface area contributed by atoms with Gasteiger partial charge < -0.3 is 31.1 Å². The molecule has 0 radical (unpaired) electrons. The lowest BCUT2D eigenvalue weighted by atomic mass is 10.0. The number of nitrogens with two attached hydrogens (primary N) is 1. The van der Waals surface area contributed by atoms with Crippen molar-refractivity contribution >= 4 is 35.6 Å². The van der Waals surface area contributed by atoms with Gasteiger partial charge in [0, 0.05) is 38.2 Å². The molecule has 4 heterocycles. The molecular formula is C27H35N11O2. The summed E-state index contributed by atoms with van der Waals surface area (Å²) in [4.78, 5) is 44.6. The summed E-state index contributed by atoms with van der Waals surface area (Å²) in [5, 5.41) is 14.1. The molecule has 1 saturated carbocycles. The van der Waals surface area contributed by atoms with E-state index in [1.165, 1.54) is 5.56 Å². The summed E-state index contributed by atoms with van der Waals surface area (Å²) < 4.78 is 0. The minimum Gasteiger partial charge on any atom is -0.368 e. The Morgan fingerprint density at radius 2 is 1.93 bits per heavy atom. The van der Waals surface area contributed by atoms with Crippen molar-refractivity contribution in [2.75, 3.05) is 35.8 Å². The molecule has 2 aliphatic heterocycles. The average molecular weight is 546 g/mol. The number of carbonyl (C=O) groups is 2. The van der Waals surface area contributed by atoms with E-state index in [0.717, 1.165) is 24.1 Å². The zero-order chi connectivity index (χ0) is 28.2. The molecule has 1 aromatic carbocycles. The van der Waals surface area contributed by atoms with E-state index < -0.39 is 17.5 Å². The van der Waals surface area contributed by atoms with Crippen LogP contribution in [0.15, 0.2) is 30.3 Å². The maximum absolute atomic E-state index is 13.4. The van der Waals surface area contributed by atoms with Gasteiger partial charge in [0.2, 0.25) is 23.8 Å². The number of anilines is 4. The van der Waals surface area contributed by atoms with E-state index in [9.17, 15) is 9.59 Å². The monoisotopic (exact) mass is 545 g/mol. The van der Waals surface area contributed by atoms with Crippen molar-refractivity contribution in [3.05, 3.63) is 47.2 Å². The second kappa shape index (κ2) is 9.65. The third kappa shape index (κ3) is 4.54. The molecule has 0 bridgehead atoms. The Balaban J connectivity index is 1.21. The minimum absolute atomic E-state index is 0.104. The molecule has 3 aliphatic rings. The maximum atomic E-state index is 13.4. The fourth-order valence-electron chi connectivity index (χ4n) is 5.75. The quantitative estimate of drug-likeness (QED) is 0.349. The van der Waals surface area contributed by atoms with Gasteiger partial charge in [-0.15, -0.1) is 0 Å². The van der Waals surface area contributed by atoms with Crippen molar-refractivity contribution < 1.29 is 9.59 Å². The van der Waals surface area contributed by atoms with Crippen LogP contribution in [-0.2, 0) is 16.9 Å². The predicted octanol–water partition coefficient (Wildman–Crippen LogP) is 2.17. The number of hydrogen-bond donors (Lipinski definition) is 4. The molecule has 3 aromatic rings. The number of nitrogens with zero attached hydrogens (tertiary/aromatic N) is 7. The summed E-state index contributed by atoms with van der Waals surface area (Å²) in [6.07, 6.45) is 2.42. The molecular weight excluding hydrogens is 510 g/mol. The Morgan fingerprint density at radius 3 is 2.65 bits per heavy atom. The summed E-state index contributed by atoms with van der Waals surface area (Å²) in [6.45, 7) is 5.02. The number of aromatic amines is 1. The standard InChI is InChI=1S/C27H35N11O2/c1-27(2)20-17(14-38(27)26(40)29-18-13-16(18)15-9-6-5-7-10-15)22(35-34-20)30-23-31-24(36(3)4)33-25(32-23)37-12-8-11-19(37)21(28)39/h5-7,9-10,16,18-19H,8,11-14H2,1-4H3,(H2,28,39)(H,29,40)(H2,30,31,32,33,34,35)/t16-,18+,19-/m0/s1. The topological polar surface area (TPSA) is 161 Å². The fourth-order valence-corrected chi connectivity index (χ4v) is 5.75. The largest absolute Gasteiger partial charge is 0.368 e. The van der Waals surface area contributed by atoms with Gasteiger partial charge in [0.05, 0.1) is 17.8 Å². The number of benzene rings is 1. The molecule has 0 spiro atoms. The van der Waals surface area contributed by atoms with E-state index in [2.05, 4.69) is 47.9 Å². The summed E-state index contributed by atoms with van der Waals surface area (Å²) in [5.41, 5.74) is 8.03. The number of amides is 3. The molecule has 1 aliphatic carbocycles. The molecule has 0 unspecified atom stereocenters. The van der Waals surface area contributed by atoms with E-state index in [1.807, 2.05) is 55.9 Å². The van der Waals surface area contributed by atoms with Gasteiger partial charge in [0.25, 0.3) is 0 Å². The first-order chi connectivity index (χ1) is 19.1. The van der Waals surface area contributed by atoms with Gasteiger partial charge in [0.15, 0.2) is 5.82 Å². The fraction of sp³-hybridized carbons (Fsp3) is 0.481. The summed E-state index contributed by atoms with van der Waals surface area (Å²) in [7, 11) is 3.68. The third-order valence-electron chi connectivity index (χ3n) is 8.12. The third-order valence-corrected chi connectivity index (χ3v) is 8.12. The molecule has 1 saturated heterocycles. The second-order valence-corrected chi connectivity index (χ2v) is 11.4. The van der Waals surface area contributed by atoms with E-state index in [1.54, 1.807) is 4.90 Å². The van der Waals surface area contributed by atoms with Crippen LogP contribution in [0.25, 0.3) is 0 Å². The smallest absolute Gasteiger partial charge is 0.318 e. The Bertz CT molecular complexity index is 1440. The summed E-state index contributed by atoms with van der Waals surface area (Å²) in [6, 6.07) is 9.85. The Kier molecular flexibility index (Phi) is 6.23. The number of H-pyrrole nitrogens is 1. The number of urea groups is 1. The molecule has 13 nitrogen and oxygen atoms in total. The van der Waals surface area contributed by atoms with E-state index in [-0.39, 0.29) is 12.1 Å². The molecule has 2 aromatic heterocycles. The summed E-state index contributed by atoms with van der Waals surface area (Å²) >= 11 is 0. The lowest BCUT2D eigenvalue weighted by molar-refractivity contribution is -0.119. The Hall–Kier alpha value is -4.42. The highest BCUT2D eigenvalue weighted by Gasteiger charge is 2.47. The van der Waals surface area contributed by atoms with Gasteiger partial charge in [-0.2, -0.15) is 20.1 Å². The molecule has 13 heteroatoms. The Labute approximate surface area is 232 Å². The molecule has 5 N–H and O–H groups in total. The number of primary amides is 1. The van der Waals surface area contributed by atoms with Crippen LogP contribution in [0.5, 0.6) is 0 Å². The van der Waals surface area contributed by atoms with Gasteiger partial charge in [-0.05, 0) is 38.7 Å². The van der Waals surface area contributed by atoms with Gasteiger partial charge in [-0.1, -0.05) is 30.3 Å². The second-order valence-electron chi connectivity index (χ2n) is 11.4. The lowest BCUT2D eigenvalue weighted by Crippen LogP contribution is -2.47. The van der Waals surface area contributed by atoms with Crippen LogP contribution in [0.2, 0.25) is 0 Å². The van der Waals surface area contributed by atoms with Crippen molar-refractivity contribution in [3.63, 3.8) is 0 Å². The first-order valence-electron chi connectivity index (χ1n) is 13.6. The number of carbonyl (C=O) groups excluding carboxylic acids is 2. The van der Waals surface area contributed by atoms with Crippen molar-refractivity contribution in [1.82, 2.24) is 35.4 Å². The molecule has 3 amide bonds. The van der Waals surface area contributed by atoms with Crippen molar-refractivity contribution in [2.24, 2.45) is 5.73 Å². The lowest BCUT2D eigenvalue weighted by Gasteiger charge is -2.32. The van der Waals surface area contributed by atoms with Gasteiger partial charge in [-0.25, -0.2) is 4.79 Å². The molecule has 6 rings (SSSR count). The summed E-state index contributed by atoms with van der Waals surface area (Å²) in [5.74, 6) is 1.61. The van der Waals surface area contributed by atoms with Crippen molar-refractivity contribution in [2.45, 2.75) is 63.2 Å². The number of nitrogens with one attached hydrogen (secondary N) is 3. The molecule has 210 valence electrons. The van der Waals surface area contributed by atoms with Crippen LogP contribution in [-0.4, -0.2) is 74.7 Å².